The Balaban J connectivity index is 2.13. The van der Waals surface area contributed by atoms with Crippen molar-refractivity contribution in [2.45, 2.75) is 11.4 Å². The number of rotatable bonds is 6. The highest BCUT2D eigenvalue weighted by Crippen LogP contribution is 2.23. The normalized spacial score (nSPS) is 11.5. The van der Waals surface area contributed by atoms with Gasteiger partial charge in [0.05, 0.1) is 4.47 Å². The highest BCUT2D eigenvalue weighted by molar-refractivity contribution is 9.10. The number of nitrogens with zero attached hydrogens (tertiary/aromatic N) is 3. The number of carbonyl (C=O) groups is 1. The molecule has 0 aliphatic rings. The summed E-state index contributed by atoms with van der Waals surface area (Å²) in [6, 6.07) is 4.16. The van der Waals surface area contributed by atoms with E-state index in [2.05, 4.69) is 41.3 Å². The Kier molecular flexibility index (Phi) is 5.93. The van der Waals surface area contributed by atoms with Gasteiger partial charge in [-0.2, -0.15) is 0 Å². The lowest BCUT2D eigenvalue weighted by Gasteiger charge is -2.07. The first-order valence-corrected chi connectivity index (χ1v) is 7.97. The number of anilines is 1. The van der Waals surface area contributed by atoms with Crippen molar-refractivity contribution in [3.05, 3.63) is 34.2 Å². The summed E-state index contributed by atoms with van der Waals surface area (Å²) >= 11 is 4.23. The van der Waals surface area contributed by atoms with Crippen LogP contribution >= 0.6 is 27.7 Å². The second-order valence-electron chi connectivity index (χ2n) is 4.19. The monoisotopic (exact) mass is 403 g/mol. The van der Waals surface area contributed by atoms with E-state index in [1.807, 2.05) is 0 Å². The first-order chi connectivity index (χ1) is 11.0. The highest BCUT2D eigenvalue weighted by Gasteiger charge is 2.18. The average Bonchev–Trinajstić information content (AvgIpc) is 2.96. The third-order valence-electron chi connectivity index (χ3n) is 2.55. The second-order valence-corrected chi connectivity index (χ2v) is 6.12. The molecule has 23 heavy (non-hydrogen) atoms. The number of hydrogen-bond donors (Lipinski definition) is 3. The molecule has 0 saturated carbocycles. The van der Waals surface area contributed by atoms with Crippen LogP contribution in [0.4, 0.5) is 10.1 Å². The summed E-state index contributed by atoms with van der Waals surface area (Å²) < 4.78 is 18.1. The molecule has 1 aromatic heterocycles. The molecule has 1 aromatic carbocycles. The van der Waals surface area contributed by atoms with Crippen LogP contribution in [0.15, 0.2) is 37.5 Å². The maximum atomic E-state index is 13.2. The first-order valence-electron chi connectivity index (χ1n) is 6.19. The second kappa shape index (κ2) is 7.92. The van der Waals surface area contributed by atoms with Gasteiger partial charge in [-0.15, -0.1) is 0 Å². The van der Waals surface area contributed by atoms with Gasteiger partial charge in [0.25, 0.3) is 0 Å². The largest absolute Gasteiger partial charge is 0.409 e. The fourth-order valence-electron chi connectivity index (χ4n) is 1.51. The fraction of sp³-hybridized carbons (Fsp3) is 0.167. The quantitative estimate of drug-likeness (QED) is 0.221. The number of nitrogens with one attached hydrogen (secondary N) is 1. The van der Waals surface area contributed by atoms with Gasteiger partial charge in [-0.1, -0.05) is 16.9 Å². The van der Waals surface area contributed by atoms with Gasteiger partial charge in [0.1, 0.15) is 5.82 Å². The molecule has 4 N–H and O–H groups in total. The van der Waals surface area contributed by atoms with Gasteiger partial charge in [-0.3, -0.25) is 4.79 Å². The van der Waals surface area contributed by atoms with Crippen LogP contribution in [-0.4, -0.2) is 33.0 Å². The number of nitrogens with two attached hydrogens (primary N) is 1. The molecule has 1 heterocycles. The van der Waals surface area contributed by atoms with Gasteiger partial charge in [0.2, 0.25) is 11.7 Å². The number of amides is 1. The van der Waals surface area contributed by atoms with Crippen molar-refractivity contribution in [2.75, 3.05) is 11.1 Å². The maximum absolute atomic E-state index is 13.2. The Hall–Kier alpha value is -2.14. The van der Waals surface area contributed by atoms with Gasteiger partial charge < -0.3 is 16.3 Å². The van der Waals surface area contributed by atoms with Crippen molar-refractivity contribution in [1.82, 2.24) is 10.3 Å². The van der Waals surface area contributed by atoms with Crippen LogP contribution in [0.2, 0.25) is 0 Å². The topological polar surface area (TPSA) is 127 Å². The van der Waals surface area contributed by atoms with Crippen molar-refractivity contribution in [1.29, 1.82) is 0 Å². The van der Waals surface area contributed by atoms with Gasteiger partial charge in [-0.25, -0.2) is 9.02 Å². The van der Waals surface area contributed by atoms with E-state index in [-0.39, 0.29) is 22.4 Å². The molecule has 0 spiro atoms. The molecule has 122 valence electrons. The molecule has 2 rings (SSSR count). The van der Waals surface area contributed by atoms with Gasteiger partial charge in [-0.05, 0) is 44.4 Å². The molecule has 0 bridgehead atoms. The van der Waals surface area contributed by atoms with Crippen molar-refractivity contribution in [2.24, 2.45) is 10.9 Å². The molecule has 0 unspecified atom stereocenters. The molecule has 0 radical (unpaired) electrons. The van der Waals surface area contributed by atoms with E-state index >= 15 is 0 Å². The minimum Gasteiger partial charge on any atom is -0.409 e. The van der Waals surface area contributed by atoms with Crippen LogP contribution in [-0.2, 0) is 4.79 Å². The standard InChI is InChI=1S/C12H11BrFN5O3S/c13-7-5-6(1-2-8(7)14)16-11(17-21)10-12(19-22-18-10)23-4-3-9(15)20/h1-2,5,21H,3-4H2,(H2,15,20)(H,16,17). The number of primary amides is 1. The predicted octanol–water partition coefficient (Wildman–Crippen LogP) is 2.19. The summed E-state index contributed by atoms with van der Waals surface area (Å²) in [7, 11) is 0. The predicted molar refractivity (Wildman–Crippen MR) is 84.9 cm³/mol. The summed E-state index contributed by atoms with van der Waals surface area (Å²) in [5.74, 6) is -0.534. The Morgan fingerprint density at radius 2 is 2.30 bits per heavy atom. The number of hydrogen-bond acceptors (Lipinski definition) is 7. The molecule has 2 aromatic rings. The SMILES string of the molecule is NC(=O)CCSc1nonc1/C(=N/O)Nc1ccc(F)c(Br)c1. The third-order valence-corrected chi connectivity index (χ3v) is 4.11. The van der Waals surface area contributed by atoms with Gasteiger partial charge in [0, 0.05) is 17.9 Å². The van der Waals surface area contributed by atoms with E-state index in [4.69, 9.17) is 10.9 Å². The molecule has 0 aliphatic heterocycles. The molecule has 0 fully saturated rings. The van der Waals surface area contributed by atoms with Crippen LogP contribution in [0.25, 0.3) is 0 Å². The van der Waals surface area contributed by atoms with Crippen molar-refractivity contribution < 1.29 is 19.0 Å². The van der Waals surface area contributed by atoms with Crippen LogP contribution in [0, 0.1) is 5.82 Å². The van der Waals surface area contributed by atoms with Gasteiger partial charge in [0.15, 0.2) is 10.7 Å². The van der Waals surface area contributed by atoms with Crippen LogP contribution < -0.4 is 11.1 Å². The summed E-state index contributed by atoms with van der Waals surface area (Å²) in [4.78, 5) is 10.7. The maximum Gasteiger partial charge on any atom is 0.218 e. The Morgan fingerprint density at radius 1 is 1.52 bits per heavy atom. The fourth-order valence-corrected chi connectivity index (χ4v) is 2.74. The van der Waals surface area contributed by atoms with E-state index in [1.165, 1.54) is 30.0 Å². The minimum atomic E-state index is -0.444. The molecule has 11 heteroatoms. The van der Waals surface area contributed by atoms with E-state index in [9.17, 15) is 9.18 Å². The number of benzene rings is 1. The van der Waals surface area contributed by atoms with Crippen molar-refractivity contribution >= 4 is 45.1 Å². The smallest absolute Gasteiger partial charge is 0.218 e. The lowest BCUT2D eigenvalue weighted by molar-refractivity contribution is -0.117. The highest BCUT2D eigenvalue weighted by atomic mass is 79.9. The van der Waals surface area contributed by atoms with E-state index < -0.39 is 11.7 Å². The summed E-state index contributed by atoms with van der Waals surface area (Å²) in [5.41, 5.74) is 5.68. The number of carbonyl (C=O) groups excluding carboxylic acids is 1. The molecular weight excluding hydrogens is 393 g/mol. The molecule has 0 saturated heterocycles. The van der Waals surface area contributed by atoms with Crippen LogP contribution in [0.1, 0.15) is 12.1 Å². The Morgan fingerprint density at radius 3 is 2.96 bits per heavy atom. The van der Waals surface area contributed by atoms with Crippen LogP contribution in [0.5, 0.6) is 0 Å². The van der Waals surface area contributed by atoms with Crippen LogP contribution in [0.3, 0.4) is 0 Å². The lowest BCUT2D eigenvalue weighted by Crippen LogP contribution is -2.15. The van der Waals surface area contributed by atoms with E-state index in [0.717, 1.165) is 0 Å². The summed E-state index contributed by atoms with van der Waals surface area (Å²) in [5, 5.41) is 22.7. The Bertz CT molecular complexity index is 739. The average molecular weight is 404 g/mol. The molecule has 1 amide bonds. The van der Waals surface area contributed by atoms with Gasteiger partial charge >= 0.3 is 0 Å². The zero-order chi connectivity index (χ0) is 16.8. The number of thioether (sulfide) groups is 1. The summed E-state index contributed by atoms with van der Waals surface area (Å²) in [6.07, 6.45) is 0.154. The lowest BCUT2D eigenvalue weighted by atomic mass is 10.3. The summed E-state index contributed by atoms with van der Waals surface area (Å²) in [6.45, 7) is 0. The molecular formula is C12H11BrFN5O3S. The zero-order valence-electron chi connectivity index (χ0n) is 11.5. The number of oxime groups is 1. The molecule has 8 nitrogen and oxygen atoms in total. The van der Waals surface area contributed by atoms with E-state index in [1.54, 1.807) is 0 Å². The molecule has 0 atom stereocenters. The molecule has 0 aliphatic carbocycles. The number of halogens is 2. The minimum absolute atomic E-state index is 0.0358. The number of aromatic nitrogens is 2. The van der Waals surface area contributed by atoms with Crippen molar-refractivity contribution in [3.63, 3.8) is 0 Å². The zero-order valence-corrected chi connectivity index (χ0v) is 13.9. The first kappa shape index (κ1) is 17.2. The number of amidine groups is 1. The van der Waals surface area contributed by atoms with E-state index in [0.29, 0.717) is 16.5 Å². The van der Waals surface area contributed by atoms with Crippen molar-refractivity contribution in [3.8, 4) is 0 Å². The Labute approximate surface area is 142 Å². The third kappa shape index (κ3) is 4.66.